The smallest absolute Gasteiger partial charge is 0.407 e. The summed E-state index contributed by atoms with van der Waals surface area (Å²) in [5.41, 5.74) is -0.284. The SMILES string of the molecule is O=C(O)N1CCC(OCc2cc(=O)n3nc(-c4ccccc4)nc3[nH]2)(C(=O)NCC2CCC2)CC1. The summed E-state index contributed by atoms with van der Waals surface area (Å²) in [5, 5.41) is 16.6. The number of nitrogens with zero attached hydrogens (tertiary/aromatic N) is 4. The van der Waals surface area contributed by atoms with E-state index in [0.717, 1.165) is 18.4 Å². The molecule has 0 bridgehead atoms. The summed E-state index contributed by atoms with van der Waals surface area (Å²) in [4.78, 5) is 46.1. The van der Waals surface area contributed by atoms with Gasteiger partial charge in [0.25, 0.3) is 11.5 Å². The van der Waals surface area contributed by atoms with Crippen LogP contribution in [0.3, 0.4) is 0 Å². The molecule has 0 radical (unpaired) electrons. The Hall–Kier alpha value is -3.73. The lowest BCUT2D eigenvalue weighted by Crippen LogP contribution is -2.56. The monoisotopic (exact) mass is 480 g/mol. The molecule has 0 spiro atoms. The number of piperidine rings is 1. The van der Waals surface area contributed by atoms with E-state index in [4.69, 9.17) is 4.74 Å². The third kappa shape index (κ3) is 4.76. The van der Waals surface area contributed by atoms with E-state index in [-0.39, 0.29) is 49.8 Å². The molecule has 1 aliphatic carbocycles. The van der Waals surface area contributed by atoms with Gasteiger partial charge in [-0.2, -0.15) is 9.50 Å². The first-order valence-electron chi connectivity index (χ1n) is 11.9. The lowest BCUT2D eigenvalue weighted by atomic mass is 9.84. The van der Waals surface area contributed by atoms with Crippen LogP contribution in [0.2, 0.25) is 0 Å². The van der Waals surface area contributed by atoms with Gasteiger partial charge in [0, 0.05) is 49.8 Å². The third-order valence-corrected chi connectivity index (χ3v) is 6.95. The van der Waals surface area contributed by atoms with E-state index in [0.29, 0.717) is 24.0 Å². The van der Waals surface area contributed by atoms with Gasteiger partial charge in [0.05, 0.1) is 6.61 Å². The Kier molecular flexibility index (Phi) is 6.25. The second-order valence-electron chi connectivity index (χ2n) is 9.23. The summed E-state index contributed by atoms with van der Waals surface area (Å²) < 4.78 is 7.36. The van der Waals surface area contributed by atoms with Gasteiger partial charge in [0.1, 0.15) is 0 Å². The molecule has 1 aromatic carbocycles. The summed E-state index contributed by atoms with van der Waals surface area (Å²) in [6, 6.07) is 10.7. The Labute approximate surface area is 201 Å². The fraction of sp³-hybridized carbons (Fsp3) is 0.458. The number of hydrogen-bond donors (Lipinski definition) is 3. The van der Waals surface area contributed by atoms with Crippen LogP contribution in [0.25, 0.3) is 17.2 Å². The van der Waals surface area contributed by atoms with E-state index < -0.39 is 11.7 Å². The number of fused-ring (bicyclic) bond motifs is 1. The average Bonchev–Trinajstić information content (AvgIpc) is 3.27. The standard InChI is InChI=1S/C24H28N6O5/c31-19-13-18(26-22-27-20(28-30(19)22)17-7-2-1-3-8-17)15-35-24(9-11-29(12-10-24)23(33)34)21(32)25-14-16-5-4-6-16/h1-3,7-8,13,16H,4-6,9-12,14-15H2,(H,25,32)(H,33,34)(H,26,27,28). The topological polar surface area (TPSA) is 142 Å². The van der Waals surface area contributed by atoms with Crippen LogP contribution in [0.1, 0.15) is 37.8 Å². The molecule has 1 saturated heterocycles. The number of rotatable bonds is 7. The molecule has 0 atom stereocenters. The quantitative estimate of drug-likeness (QED) is 0.470. The number of aromatic nitrogens is 4. The van der Waals surface area contributed by atoms with Crippen molar-refractivity contribution in [3.05, 3.63) is 52.4 Å². The fourth-order valence-corrected chi connectivity index (χ4v) is 4.53. The Balaban J connectivity index is 1.34. The number of carboxylic acid groups (broad SMARTS) is 1. The zero-order valence-electron chi connectivity index (χ0n) is 19.3. The summed E-state index contributed by atoms with van der Waals surface area (Å²) in [7, 11) is 0. The number of ether oxygens (including phenoxy) is 1. The molecular weight excluding hydrogens is 452 g/mol. The Morgan fingerprint density at radius 3 is 2.60 bits per heavy atom. The first-order chi connectivity index (χ1) is 16.9. The summed E-state index contributed by atoms with van der Waals surface area (Å²) >= 11 is 0. The van der Waals surface area contributed by atoms with Crippen LogP contribution in [-0.4, -0.2) is 66.8 Å². The second kappa shape index (κ2) is 9.49. The van der Waals surface area contributed by atoms with Crippen LogP contribution in [-0.2, 0) is 16.1 Å². The molecule has 2 fully saturated rings. The van der Waals surface area contributed by atoms with Crippen molar-refractivity contribution in [3.8, 4) is 11.4 Å². The molecule has 1 saturated carbocycles. The van der Waals surface area contributed by atoms with Gasteiger partial charge in [-0.1, -0.05) is 36.8 Å². The molecular formula is C24H28N6O5. The molecule has 184 valence electrons. The van der Waals surface area contributed by atoms with Crippen molar-refractivity contribution < 1.29 is 19.4 Å². The summed E-state index contributed by atoms with van der Waals surface area (Å²) in [5.74, 6) is 0.955. The number of benzene rings is 1. The number of aromatic amines is 1. The van der Waals surface area contributed by atoms with Crippen molar-refractivity contribution in [2.24, 2.45) is 5.92 Å². The van der Waals surface area contributed by atoms with Crippen molar-refractivity contribution in [2.75, 3.05) is 19.6 Å². The number of H-pyrrole nitrogens is 1. The lowest BCUT2D eigenvalue weighted by molar-refractivity contribution is -0.156. The van der Waals surface area contributed by atoms with Crippen LogP contribution < -0.4 is 10.9 Å². The zero-order chi connectivity index (χ0) is 24.4. The molecule has 2 amide bonds. The van der Waals surface area contributed by atoms with E-state index in [1.54, 1.807) is 0 Å². The Bertz CT molecular complexity index is 1270. The Morgan fingerprint density at radius 1 is 1.20 bits per heavy atom. The van der Waals surface area contributed by atoms with Crippen molar-refractivity contribution in [2.45, 2.75) is 44.3 Å². The van der Waals surface area contributed by atoms with E-state index in [2.05, 4.69) is 20.4 Å². The first-order valence-corrected chi connectivity index (χ1v) is 11.9. The van der Waals surface area contributed by atoms with E-state index in [9.17, 15) is 19.5 Å². The maximum Gasteiger partial charge on any atom is 0.407 e. The normalized spacial score (nSPS) is 17.8. The van der Waals surface area contributed by atoms with Gasteiger partial charge in [-0.25, -0.2) is 4.79 Å². The van der Waals surface area contributed by atoms with E-state index >= 15 is 0 Å². The van der Waals surface area contributed by atoms with Crippen molar-refractivity contribution >= 4 is 17.8 Å². The number of amides is 2. The highest BCUT2D eigenvalue weighted by Gasteiger charge is 2.43. The van der Waals surface area contributed by atoms with Crippen LogP contribution >= 0.6 is 0 Å². The minimum absolute atomic E-state index is 0.0246. The molecule has 1 aliphatic heterocycles. The molecule has 11 nitrogen and oxygen atoms in total. The summed E-state index contributed by atoms with van der Waals surface area (Å²) in [6.07, 6.45) is 2.86. The van der Waals surface area contributed by atoms with Crippen molar-refractivity contribution in [3.63, 3.8) is 0 Å². The molecule has 2 aromatic heterocycles. The largest absolute Gasteiger partial charge is 0.465 e. The van der Waals surface area contributed by atoms with Gasteiger partial charge >= 0.3 is 6.09 Å². The number of nitrogens with one attached hydrogen (secondary N) is 2. The van der Waals surface area contributed by atoms with Gasteiger partial charge in [-0.05, 0) is 18.8 Å². The molecule has 0 unspecified atom stereocenters. The highest BCUT2D eigenvalue weighted by atomic mass is 16.5. The zero-order valence-corrected chi connectivity index (χ0v) is 19.3. The predicted octanol–water partition coefficient (Wildman–Crippen LogP) is 2.03. The Morgan fingerprint density at radius 2 is 1.94 bits per heavy atom. The number of hydrogen-bond acceptors (Lipinski definition) is 6. The fourth-order valence-electron chi connectivity index (χ4n) is 4.53. The molecule has 3 aromatic rings. The van der Waals surface area contributed by atoms with Crippen LogP contribution in [0.15, 0.2) is 41.2 Å². The molecule has 3 heterocycles. The van der Waals surface area contributed by atoms with Gasteiger partial charge in [-0.3, -0.25) is 9.59 Å². The third-order valence-electron chi connectivity index (χ3n) is 6.95. The molecule has 35 heavy (non-hydrogen) atoms. The van der Waals surface area contributed by atoms with E-state index in [1.807, 2.05) is 30.3 Å². The van der Waals surface area contributed by atoms with Crippen molar-refractivity contribution in [1.29, 1.82) is 0 Å². The van der Waals surface area contributed by atoms with Crippen LogP contribution in [0.4, 0.5) is 4.79 Å². The van der Waals surface area contributed by atoms with Gasteiger partial charge in [-0.15, -0.1) is 5.10 Å². The van der Waals surface area contributed by atoms with Gasteiger partial charge < -0.3 is 25.0 Å². The van der Waals surface area contributed by atoms with Crippen LogP contribution in [0, 0.1) is 5.92 Å². The number of likely N-dealkylation sites (tertiary alicyclic amines) is 1. The molecule has 11 heteroatoms. The predicted molar refractivity (Wildman–Crippen MR) is 126 cm³/mol. The highest BCUT2D eigenvalue weighted by molar-refractivity contribution is 5.85. The molecule has 3 N–H and O–H groups in total. The summed E-state index contributed by atoms with van der Waals surface area (Å²) in [6.45, 7) is 0.972. The second-order valence-corrected chi connectivity index (χ2v) is 9.23. The van der Waals surface area contributed by atoms with Crippen molar-refractivity contribution in [1.82, 2.24) is 29.8 Å². The minimum atomic E-state index is -1.17. The molecule has 5 rings (SSSR count). The maximum absolute atomic E-state index is 13.2. The van der Waals surface area contributed by atoms with Gasteiger partial charge in [0.2, 0.25) is 5.78 Å². The van der Waals surface area contributed by atoms with Gasteiger partial charge in [0.15, 0.2) is 11.4 Å². The first kappa shape index (κ1) is 23.0. The minimum Gasteiger partial charge on any atom is -0.465 e. The lowest BCUT2D eigenvalue weighted by Gasteiger charge is -2.40. The average molecular weight is 481 g/mol. The highest BCUT2D eigenvalue weighted by Crippen LogP contribution is 2.30. The van der Waals surface area contributed by atoms with E-state index in [1.165, 1.54) is 21.9 Å². The molecule has 2 aliphatic rings. The maximum atomic E-state index is 13.2. The van der Waals surface area contributed by atoms with Crippen LogP contribution in [0.5, 0.6) is 0 Å². The number of carbonyl (C=O) groups excluding carboxylic acids is 1. The number of carbonyl (C=O) groups is 2.